The number of benzene rings is 3. The topological polar surface area (TPSA) is 161 Å². The van der Waals surface area contributed by atoms with Gasteiger partial charge in [0.2, 0.25) is 5.13 Å². The van der Waals surface area contributed by atoms with Crippen molar-refractivity contribution in [3.05, 3.63) is 84.0 Å². The first kappa shape index (κ1) is 59.3. The van der Waals surface area contributed by atoms with E-state index in [1.807, 2.05) is 6.07 Å². The van der Waals surface area contributed by atoms with Gasteiger partial charge < -0.3 is 28.4 Å². The summed E-state index contributed by atoms with van der Waals surface area (Å²) in [7, 11) is 0. The lowest BCUT2D eigenvalue weighted by Crippen LogP contribution is -2.32. The SMILES string of the molecule is C=C(C(=O)OCCOC1CCC(C2CCC(C(=O)Oc3ccc(OC(=O)C4CCC(C5CCC(OCCOC(=O)C(=C)C(F)(F)F)CC5)CC4)c4sc(N/N=C/c5ccc6cc(CCC)ccc6c5)nc34)CC2)CC1)C(F)(F)F. The number of hydrogen-bond acceptors (Lipinski definition) is 14. The number of esters is 4. The van der Waals surface area contributed by atoms with E-state index in [1.54, 1.807) is 18.3 Å². The van der Waals surface area contributed by atoms with E-state index in [-0.39, 0.29) is 68.2 Å². The lowest BCUT2D eigenvalue weighted by atomic mass is 9.70. The fourth-order valence-electron chi connectivity index (χ4n) is 11.8. The molecule has 1 aromatic heterocycles. The Labute approximate surface area is 459 Å². The van der Waals surface area contributed by atoms with E-state index in [4.69, 9.17) is 23.9 Å². The summed E-state index contributed by atoms with van der Waals surface area (Å²) in [5.41, 5.74) is 2.48. The Balaban J connectivity index is 0.839. The summed E-state index contributed by atoms with van der Waals surface area (Å²) >= 11 is 1.24. The largest absolute Gasteiger partial charge is 0.460 e. The fourth-order valence-corrected chi connectivity index (χ4v) is 12.6. The van der Waals surface area contributed by atoms with Crippen molar-refractivity contribution in [2.24, 2.45) is 40.6 Å². The van der Waals surface area contributed by atoms with Gasteiger partial charge in [0.1, 0.15) is 34.6 Å². The number of ether oxygens (including phenoxy) is 6. The molecule has 0 bridgehead atoms. The zero-order chi connectivity index (χ0) is 56.3. The molecule has 4 fully saturated rings. The van der Waals surface area contributed by atoms with Gasteiger partial charge in [0, 0.05) is 0 Å². The molecule has 79 heavy (non-hydrogen) atoms. The van der Waals surface area contributed by atoms with Gasteiger partial charge in [-0.1, -0.05) is 68.2 Å². The predicted molar refractivity (Wildman–Crippen MR) is 287 cm³/mol. The second kappa shape index (κ2) is 27.1. The highest BCUT2D eigenvalue weighted by atomic mass is 32.1. The van der Waals surface area contributed by atoms with Crippen LogP contribution in [0.25, 0.3) is 21.0 Å². The van der Waals surface area contributed by atoms with Gasteiger partial charge in [-0.05, 0) is 173 Å². The average molecular weight is 1130 g/mol. The van der Waals surface area contributed by atoms with Gasteiger partial charge in [-0.15, -0.1) is 0 Å². The Hall–Kier alpha value is -5.86. The van der Waals surface area contributed by atoms with E-state index in [9.17, 15) is 45.5 Å². The second-order valence-electron chi connectivity index (χ2n) is 21.4. The number of nitrogens with zero attached hydrogens (tertiary/aromatic N) is 2. The van der Waals surface area contributed by atoms with Crippen LogP contribution in [0.4, 0.5) is 31.5 Å². The molecule has 4 aromatic rings. The van der Waals surface area contributed by atoms with Crippen LogP contribution in [0.1, 0.15) is 127 Å². The van der Waals surface area contributed by atoms with Gasteiger partial charge in [-0.3, -0.25) is 15.0 Å². The number of anilines is 1. The molecule has 428 valence electrons. The van der Waals surface area contributed by atoms with Crippen molar-refractivity contribution >= 4 is 67.5 Å². The van der Waals surface area contributed by atoms with E-state index in [1.165, 1.54) is 16.9 Å². The number of thiazole rings is 1. The van der Waals surface area contributed by atoms with Crippen molar-refractivity contribution < 1.29 is 73.9 Å². The lowest BCUT2D eigenvalue weighted by Gasteiger charge is -2.37. The van der Waals surface area contributed by atoms with Gasteiger partial charge in [0.25, 0.3) is 0 Å². The number of hydrogen-bond donors (Lipinski definition) is 1. The summed E-state index contributed by atoms with van der Waals surface area (Å²) in [6.45, 7) is 7.09. The van der Waals surface area contributed by atoms with Crippen LogP contribution >= 0.6 is 11.3 Å². The first-order valence-electron chi connectivity index (χ1n) is 27.6. The zero-order valence-corrected chi connectivity index (χ0v) is 45.3. The summed E-state index contributed by atoms with van der Waals surface area (Å²) in [6.07, 6.45) is 6.87. The van der Waals surface area contributed by atoms with E-state index in [2.05, 4.69) is 70.4 Å². The summed E-state index contributed by atoms with van der Waals surface area (Å²) in [6, 6.07) is 15.9. The number of halogens is 6. The number of fused-ring (bicyclic) bond motifs is 2. The molecular weight excluding hydrogens is 1060 g/mol. The van der Waals surface area contributed by atoms with Crippen molar-refractivity contribution in [3.8, 4) is 11.5 Å². The second-order valence-corrected chi connectivity index (χ2v) is 22.4. The molecule has 4 aliphatic carbocycles. The standard InChI is InChI=1S/C59H69F6N3O10S/c1-4-5-37-6-8-46-33-38(7-9-45(46)32-37)34-66-68-57-67-51-49(77-55(71)43-14-10-39(11-15-43)41-18-22-47(23-19-41)73-28-30-75-53(69)35(2)58(60,61)62)26-27-50(52(51)79-57)78-56(72)44-16-12-40(13-17-44)42-20-24-48(25-21-42)74-29-31-76-54(70)36(3)59(63,64)65/h6-9,26-27,32-34,39-44,47-48H,2-5,10-25,28-31H2,1H3,(H,67,68)/b66-34+. The van der Waals surface area contributed by atoms with E-state index in [0.717, 1.165) is 106 Å². The molecule has 4 aliphatic rings. The number of rotatable bonds is 21. The van der Waals surface area contributed by atoms with Crippen molar-refractivity contribution in [3.63, 3.8) is 0 Å². The smallest absolute Gasteiger partial charge is 0.422 e. The van der Waals surface area contributed by atoms with Gasteiger partial charge in [0.15, 0.2) is 11.5 Å². The van der Waals surface area contributed by atoms with Gasteiger partial charge in [-0.25, -0.2) is 14.6 Å². The Morgan fingerprint density at radius 3 is 1.57 bits per heavy atom. The first-order chi connectivity index (χ1) is 37.8. The van der Waals surface area contributed by atoms with Crippen LogP contribution in [0, 0.1) is 35.5 Å². The number of hydrazone groups is 1. The molecule has 0 amide bonds. The summed E-state index contributed by atoms with van der Waals surface area (Å²) in [5, 5.41) is 7.15. The molecule has 3 aromatic carbocycles. The Morgan fingerprint density at radius 2 is 1.08 bits per heavy atom. The average Bonchev–Trinajstić information content (AvgIpc) is 4.08. The molecule has 1 heterocycles. The normalized spacial score (nSPS) is 24.0. The number of carbonyl (C=O) groups is 4. The van der Waals surface area contributed by atoms with Gasteiger partial charge >= 0.3 is 36.2 Å². The number of nitrogens with one attached hydrogen (secondary N) is 1. The van der Waals surface area contributed by atoms with E-state index in [0.29, 0.717) is 70.5 Å². The van der Waals surface area contributed by atoms with Crippen LogP contribution in [-0.2, 0) is 44.5 Å². The van der Waals surface area contributed by atoms with Crippen LogP contribution < -0.4 is 14.9 Å². The quantitative estimate of drug-likeness (QED) is 0.0160. The van der Waals surface area contributed by atoms with Crippen LogP contribution in [0.15, 0.2) is 77.9 Å². The monoisotopic (exact) mass is 1130 g/mol. The molecule has 8 rings (SSSR count). The molecule has 0 unspecified atom stereocenters. The van der Waals surface area contributed by atoms with Crippen LogP contribution in [-0.4, -0.2) is 86.1 Å². The highest BCUT2D eigenvalue weighted by Gasteiger charge is 2.40. The molecule has 0 spiro atoms. The predicted octanol–water partition coefficient (Wildman–Crippen LogP) is 13.7. The van der Waals surface area contributed by atoms with Crippen molar-refractivity contribution in [1.82, 2.24) is 4.98 Å². The van der Waals surface area contributed by atoms with Crippen LogP contribution in [0.2, 0.25) is 0 Å². The summed E-state index contributed by atoms with van der Waals surface area (Å²) in [4.78, 5) is 55.8. The number of carbonyl (C=O) groups excluding carboxylic acids is 4. The maximum Gasteiger partial charge on any atom is 0.422 e. The third-order valence-corrected chi connectivity index (χ3v) is 17.2. The van der Waals surface area contributed by atoms with Gasteiger partial charge in [-0.2, -0.15) is 31.4 Å². The minimum absolute atomic E-state index is 0.000654. The molecule has 20 heteroatoms. The Morgan fingerprint density at radius 1 is 0.620 bits per heavy atom. The summed E-state index contributed by atoms with van der Waals surface area (Å²) < 4.78 is 110. The first-order valence-corrected chi connectivity index (χ1v) is 28.4. The maximum atomic E-state index is 13.9. The number of alkyl halides is 6. The molecule has 1 N–H and O–H groups in total. The zero-order valence-electron chi connectivity index (χ0n) is 44.4. The lowest BCUT2D eigenvalue weighted by molar-refractivity contribution is -0.154. The van der Waals surface area contributed by atoms with Crippen LogP contribution in [0.3, 0.4) is 0 Å². The Bertz CT molecular complexity index is 2680. The number of aryl methyl sites for hydroxylation is 1. The van der Waals surface area contributed by atoms with E-state index < -0.39 is 35.4 Å². The molecule has 0 aliphatic heterocycles. The van der Waals surface area contributed by atoms with Crippen LogP contribution in [0.5, 0.6) is 11.5 Å². The Kier molecular flexibility index (Phi) is 20.3. The maximum absolute atomic E-state index is 13.9. The molecule has 0 atom stereocenters. The molecule has 0 radical (unpaired) electrons. The van der Waals surface area contributed by atoms with Gasteiger partial charge in [0.05, 0.1) is 43.5 Å². The minimum atomic E-state index is -4.84. The number of aromatic nitrogens is 1. The van der Waals surface area contributed by atoms with Crippen molar-refractivity contribution in [2.75, 3.05) is 31.9 Å². The van der Waals surface area contributed by atoms with E-state index >= 15 is 0 Å². The highest BCUT2D eigenvalue weighted by molar-refractivity contribution is 7.22. The fraction of sp³-hybridized carbons (Fsp3) is 0.559. The molecule has 13 nitrogen and oxygen atoms in total. The highest BCUT2D eigenvalue weighted by Crippen LogP contribution is 2.45. The molecular formula is C59H69F6N3O10S. The van der Waals surface area contributed by atoms with Crippen molar-refractivity contribution in [2.45, 2.75) is 147 Å². The molecule has 4 saturated carbocycles. The van der Waals surface area contributed by atoms with Crippen molar-refractivity contribution in [1.29, 1.82) is 0 Å². The third kappa shape index (κ3) is 16.2. The minimum Gasteiger partial charge on any atom is -0.460 e. The summed E-state index contributed by atoms with van der Waals surface area (Å²) in [5.74, 6) is -2.00. The molecule has 0 saturated heterocycles. The third-order valence-electron chi connectivity index (χ3n) is 16.2.